The minimum Gasteiger partial charge on any atom is -0.508 e. The summed E-state index contributed by atoms with van der Waals surface area (Å²) in [6.07, 6.45) is 1.14. The van der Waals surface area contributed by atoms with E-state index in [0.717, 1.165) is 33.5 Å². The molecule has 3 aromatic carbocycles. The summed E-state index contributed by atoms with van der Waals surface area (Å²) in [5, 5.41) is 25.0. The number of phenols is 1. The van der Waals surface area contributed by atoms with Crippen LogP contribution < -0.4 is 11.1 Å². The van der Waals surface area contributed by atoms with Gasteiger partial charge in [0.1, 0.15) is 17.3 Å². The first-order valence-corrected chi connectivity index (χ1v) is 17.7. The molecule has 0 saturated carbocycles. The van der Waals surface area contributed by atoms with Crippen molar-refractivity contribution in [2.75, 3.05) is 7.05 Å². The molecule has 3 atom stereocenters. The molecular formula is C37H41Cl2N5O5S. The number of phenolic OH excluding ortho intramolecular Hbond substituents is 1. The van der Waals surface area contributed by atoms with Gasteiger partial charge in [-0.2, -0.15) is 0 Å². The smallest absolute Gasteiger partial charge is 0.408 e. The van der Waals surface area contributed by atoms with Crippen LogP contribution in [-0.2, 0) is 35.4 Å². The Hall–Kier alpha value is -4.32. The number of carbonyl (C=O) groups is 3. The summed E-state index contributed by atoms with van der Waals surface area (Å²) in [6.45, 7) is 1.92. The molecule has 5 rings (SSSR count). The zero-order valence-corrected chi connectivity index (χ0v) is 30.2. The number of amides is 3. The second kappa shape index (κ2) is 15.7. The Kier molecular flexibility index (Phi) is 11.6. The van der Waals surface area contributed by atoms with Crippen molar-refractivity contribution in [3.8, 4) is 5.75 Å². The number of benzene rings is 3. The number of nitrogens with zero attached hydrogens (tertiary/aromatic N) is 2. The first-order chi connectivity index (χ1) is 23.8. The van der Waals surface area contributed by atoms with Crippen molar-refractivity contribution < 1.29 is 24.6 Å². The molecule has 4 aromatic rings. The van der Waals surface area contributed by atoms with Gasteiger partial charge in [0.15, 0.2) is 0 Å². The monoisotopic (exact) mass is 737 g/mol. The summed E-state index contributed by atoms with van der Waals surface area (Å²) in [7, 11) is 1.63. The summed E-state index contributed by atoms with van der Waals surface area (Å²) in [4.78, 5) is 48.5. The number of aromatic hydroxyl groups is 1. The first kappa shape index (κ1) is 36.9. The Morgan fingerprint density at radius 2 is 1.74 bits per heavy atom. The molecule has 0 fully saturated rings. The molecule has 10 nitrogen and oxygen atoms in total. The van der Waals surface area contributed by atoms with Crippen LogP contribution >= 0.6 is 35.4 Å². The average Bonchev–Trinajstić information content (AvgIpc) is 3.44. The van der Waals surface area contributed by atoms with E-state index >= 15 is 0 Å². The van der Waals surface area contributed by atoms with Gasteiger partial charge in [0, 0.05) is 36.1 Å². The molecule has 50 heavy (non-hydrogen) atoms. The zero-order valence-electron chi connectivity index (χ0n) is 27.9. The van der Waals surface area contributed by atoms with Crippen LogP contribution in [0.2, 0.25) is 10.0 Å². The lowest BCUT2D eigenvalue weighted by Crippen LogP contribution is -2.66. The molecule has 0 spiro atoms. The number of hydrogen-bond acceptors (Lipinski definition) is 5. The number of nitrogens with one attached hydrogen (secondary N) is 2. The van der Waals surface area contributed by atoms with Crippen LogP contribution in [0, 0.1) is 0 Å². The molecule has 1 aliphatic rings. The van der Waals surface area contributed by atoms with Gasteiger partial charge in [0.2, 0.25) is 11.8 Å². The van der Waals surface area contributed by atoms with Crippen molar-refractivity contribution in [3.05, 3.63) is 99.2 Å². The predicted octanol–water partition coefficient (Wildman–Crippen LogP) is 6.62. The Bertz CT molecular complexity index is 1890. The minimum atomic E-state index is -1.48. The van der Waals surface area contributed by atoms with E-state index in [1.165, 1.54) is 4.90 Å². The van der Waals surface area contributed by atoms with Crippen LogP contribution in [0.5, 0.6) is 5.75 Å². The van der Waals surface area contributed by atoms with Crippen LogP contribution in [0.4, 0.5) is 4.79 Å². The summed E-state index contributed by atoms with van der Waals surface area (Å²) >= 11 is 18.4. The highest BCUT2D eigenvalue weighted by Crippen LogP contribution is 2.39. The third-order valence-electron chi connectivity index (χ3n) is 9.51. The fourth-order valence-electron chi connectivity index (χ4n) is 6.90. The molecule has 0 bridgehead atoms. The third kappa shape index (κ3) is 8.01. The van der Waals surface area contributed by atoms with Crippen molar-refractivity contribution in [1.29, 1.82) is 0 Å². The van der Waals surface area contributed by atoms with Crippen molar-refractivity contribution in [2.24, 2.45) is 5.73 Å². The molecular weight excluding hydrogens is 697 g/mol. The molecule has 2 unspecified atom stereocenters. The van der Waals surface area contributed by atoms with E-state index in [-0.39, 0.29) is 42.5 Å². The number of aromatic amines is 1. The van der Waals surface area contributed by atoms with E-state index in [4.69, 9.17) is 41.2 Å². The number of fused-ring (bicyclic) bond motifs is 3. The fraction of sp³-hybridized carbons (Fsp3) is 0.351. The highest BCUT2D eigenvalue weighted by molar-refractivity contribution is 7.80. The Morgan fingerprint density at radius 3 is 2.38 bits per heavy atom. The SMILES string of the molecule is CCCC(C(N)=S)N(C)C(=O)C1(NC(=O)[C@H](CCc2ccc(O)cc2)N(Cc2ccccc2)C(=O)O)CCc2[nH]c3c(Cl)cc(Cl)cc3c2C1. The number of H-pyrrole nitrogens is 1. The molecule has 0 radical (unpaired) electrons. The number of halogens is 2. The molecule has 13 heteroatoms. The van der Waals surface area contributed by atoms with Crippen molar-refractivity contribution in [1.82, 2.24) is 20.1 Å². The van der Waals surface area contributed by atoms with Crippen molar-refractivity contribution >= 4 is 69.2 Å². The number of thiocarbonyl (C=S) groups is 1. The minimum absolute atomic E-state index is 0.0473. The lowest BCUT2D eigenvalue weighted by atomic mass is 9.78. The third-order valence-corrected chi connectivity index (χ3v) is 10.3. The number of nitrogens with two attached hydrogens (primary N) is 1. The molecule has 1 aliphatic carbocycles. The Balaban J connectivity index is 1.57. The maximum absolute atomic E-state index is 14.8. The molecule has 3 amide bonds. The summed E-state index contributed by atoms with van der Waals surface area (Å²) < 4.78 is 0. The zero-order chi connectivity index (χ0) is 36.2. The van der Waals surface area contributed by atoms with Crippen LogP contribution in [0.3, 0.4) is 0 Å². The highest BCUT2D eigenvalue weighted by atomic mass is 35.5. The summed E-state index contributed by atoms with van der Waals surface area (Å²) in [5.41, 5.74) is 8.52. The van der Waals surface area contributed by atoms with Gasteiger partial charge in [-0.15, -0.1) is 0 Å². The largest absolute Gasteiger partial charge is 0.508 e. The molecule has 6 N–H and O–H groups in total. The molecule has 1 heterocycles. The van der Waals surface area contributed by atoms with Crippen LogP contribution in [0.1, 0.15) is 55.0 Å². The predicted molar refractivity (Wildman–Crippen MR) is 200 cm³/mol. The van der Waals surface area contributed by atoms with Crippen LogP contribution in [-0.4, -0.2) is 72.6 Å². The Labute approximate surface area is 306 Å². The fourth-order valence-corrected chi connectivity index (χ4v) is 7.71. The van der Waals surface area contributed by atoms with Gasteiger partial charge >= 0.3 is 6.09 Å². The highest BCUT2D eigenvalue weighted by Gasteiger charge is 2.48. The maximum atomic E-state index is 14.8. The van der Waals surface area contributed by atoms with Crippen LogP contribution in [0.15, 0.2) is 66.7 Å². The number of aryl methyl sites for hydroxylation is 2. The van der Waals surface area contributed by atoms with E-state index in [0.29, 0.717) is 40.4 Å². The van der Waals surface area contributed by atoms with Gasteiger partial charge in [0.25, 0.3) is 0 Å². The van der Waals surface area contributed by atoms with Crippen molar-refractivity contribution in [3.63, 3.8) is 0 Å². The maximum Gasteiger partial charge on any atom is 0.408 e. The number of rotatable bonds is 13. The van der Waals surface area contributed by atoms with Gasteiger partial charge in [-0.25, -0.2) is 4.79 Å². The second-order valence-corrected chi connectivity index (χ2v) is 14.2. The van der Waals surface area contributed by atoms with Crippen LogP contribution in [0.25, 0.3) is 10.9 Å². The molecule has 264 valence electrons. The number of likely N-dealkylation sites (N-methyl/N-ethyl adjacent to an activating group) is 1. The quantitative estimate of drug-likeness (QED) is 0.0968. The van der Waals surface area contributed by atoms with Gasteiger partial charge in [0.05, 0.1) is 21.6 Å². The normalized spacial score (nSPS) is 16.6. The Morgan fingerprint density at radius 1 is 1.04 bits per heavy atom. The van der Waals surface area contributed by atoms with E-state index < -0.39 is 29.6 Å². The van der Waals surface area contributed by atoms with Gasteiger partial charge < -0.3 is 31.1 Å². The van der Waals surface area contributed by atoms with E-state index in [9.17, 15) is 24.6 Å². The van der Waals surface area contributed by atoms with Gasteiger partial charge in [-0.3, -0.25) is 14.5 Å². The van der Waals surface area contributed by atoms with E-state index in [1.54, 1.807) is 67.7 Å². The number of hydrogen-bond donors (Lipinski definition) is 5. The number of carboxylic acid groups (broad SMARTS) is 1. The molecule has 0 saturated heterocycles. The number of carbonyl (C=O) groups excluding carboxylic acids is 2. The molecule has 0 aliphatic heterocycles. The lowest BCUT2D eigenvalue weighted by Gasteiger charge is -2.42. The van der Waals surface area contributed by atoms with Crippen molar-refractivity contribution in [2.45, 2.75) is 76.0 Å². The standard InChI is InChI=1S/C37H41Cl2N5O5S/c1-3-7-30(33(40)50)43(2)35(47)37(17-16-29-27(20-37)26-18-24(38)19-28(39)32(26)41-29)42-34(46)31(15-12-22-10-13-25(45)14-11-22)44(36(48)49)21-23-8-5-4-6-9-23/h4-6,8-11,13-14,18-19,30-31,41,45H,3,7,12,15-17,20-21H2,1-2H3,(H2,40,50)(H,42,46)(H,48,49)/t30?,31-,37?/m0/s1. The van der Waals surface area contributed by atoms with E-state index in [2.05, 4.69) is 10.3 Å². The summed E-state index contributed by atoms with van der Waals surface area (Å²) in [6, 6.07) is 17.3. The average molecular weight is 739 g/mol. The number of aromatic nitrogens is 1. The van der Waals surface area contributed by atoms with E-state index in [1.807, 2.05) is 13.0 Å². The topological polar surface area (TPSA) is 152 Å². The van der Waals surface area contributed by atoms with Gasteiger partial charge in [-0.1, -0.05) is 91.2 Å². The second-order valence-electron chi connectivity index (χ2n) is 12.9. The first-order valence-electron chi connectivity index (χ1n) is 16.5. The molecule has 1 aromatic heterocycles. The summed E-state index contributed by atoms with van der Waals surface area (Å²) in [5.74, 6) is -0.892. The lowest BCUT2D eigenvalue weighted by molar-refractivity contribution is -0.143. The van der Waals surface area contributed by atoms with Gasteiger partial charge in [-0.05, 0) is 73.1 Å².